The largest absolute Gasteiger partial charge is 0.356 e. The standard InChI is InChI=1S/C19H38N6O.HI/c1-4-9-21-18(26)15-25-11-7-17(8-12-25)23-19(20-2)22-13-16-6-5-10-24(3)14-16;/h16-17H,4-15H2,1-3H3,(H,21,26)(H2,20,22,23);1H. The number of aliphatic imine (C=N–C) groups is 1. The number of amides is 1. The Kier molecular flexibility index (Phi) is 12.3. The Hall–Kier alpha value is -0.610. The van der Waals surface area contributed by atoms with Crippen molar-refractivity contribution in [2.24, 2.45) is 10.9 Å². The molecule has 3 N–H and O–H groups in total. The van der Waals surface area contributed by atoms with Crippen molar-refractivity contribution in [3.05, 3.63) is 0 Å². The van der Waals surface area contributed by atoms with E-state index in [-0.39, 0.29) is 29.9 Å². The fraction of sp³-hybridized carbons (Fsp3) is 0.895. The van der Waals surface area contributed by atoms with E-state index < -0.39 is 0 Å². The third kappa shape index (κ3) is 9.43. The number of carbonyl (C=O) groups excluding carboxylic acids is 1. The third-order valence-electron chi connectivity index (χ3n) is 5.37. The van der Waals surface area contributed by atoms with Gasteiger partial charge in [0.2, 0.25) is 5.91 Å². The van der Waals surface area contributed by atoms with Crippen molar-refractivity contribution >= 4 is 35.8 Å². The van der Waals surface area contributed by atoms with Crippen molar-refractivity contribution < 1.29 is 4.79 Å². The third-order valence-corrected chi connectivity index (χ3v) is 5.37. The summed E-state index contributed by atoms with van der Waals surface area (Å²) in [5.74, 6) is 1.77. The van der Waals surface area contributed by atoms with Crippen LogP contribution in [0.2, 0.25) is 0 Å². The van der Waals surface area contributed by atoms with Crippen LogP contribution in [0.5, 0.6) is 0 Å². The van der Waals surface area contributed by atoms with Crippen LogP contribution in [0.4, 0.5) is 0 Å². The van der Waals surface area contributed by atoms with Gasteiger partial charge in [-0.15, -0.1) is 24.0 Å². The van der Waals surface area contributed by atoms with Crippen LogP contribution in [0.1, 0.15) is 39.0 Å². The second-order valence-electron chi connectivity index (χ2n) is 7.77. The number of hydrogen-bond donors (Lipinski definition) is 3. The van der Waals surface area contributed by atoms with E-state index >= 15 is 0 Å². The zero-order chi connectivity index (χ0) is 18.8. The topological polar surface area (TPSA) is 72.0 Å². The summed E-state index contributed by atoms with van der Waals surface area (Å²) in [6, 6.07) is 0.435. The van der Waals surface area contributed by atoms with Crippen molar-refractivity contribution in [3.63, 3.8) is 0 Å². The Labute approximate surface area is 182 Å². The van der Waals surface area contributed by atoms with Crippen molar-refractivity contribution in [1.29, 1.82) is 0 Å². The van der Waals surface area contributed by atoms with Crippen LogP contribution in [0.3, 0.4) is 0 Å². The molecule has 2 aliphatic rings. The molecule has 1 unspecified atom stereocenters. The van der Waals surface area contributed by atoms with Gasteiger partial charge in [0.15, 0.2) is 5.96 Å². The van der Waals surface area contributed by atoms with Crippen molar-refractivity contribution in [3.8, 4) is 0 Å². The second kappa shape index (κ2) is 13.5. The lowest BCUT2D eigenvalue weighted by atomic mass is 9.98. The highest BCUT2D eigenvalue weighted by Crippen LogP contribution is 2.14. The smallest absolute Gasteiger partial charge is 0.234 e. The summed E-state index contributed by atoms with van der Waals surface area (Å²) in [6.07, 6.45) is 5.68. The quantitative estimate of drug-likeness (QED) is 0.281. The maximum absolute atomic E-state index is 11.8. The van der Waals surface area contributed by atoms with Gasteiger partial charge in [-0.25, -0.2) is 0 Å². The van der Waals surface area contributed by atoms with Crippen LogP contribution < -0.4 is 16.0 Å². The van der Waals surface area contributed by atoms with Crippen LogP contribution in [0.25, 0.3) is 0 Å². The molecule has 0 aromatic rings. The van der Waals surface area contributed by atoms with Gasteiger partial charge in [-0.2, -0.15) is 0 Å². The maximum atomic E-state index is 11.8. The summed E-state index contributed by atoms with van der Waals surface area (Å²) in [4.78, 5) is 20.9. The van der Waals surface area contributed by atoms with E-state index in [1.54, 1.807) is 0 Å². The summed E-state index contributed by atoms with van der Waals surface area (Å²) in [5.41, 5.74) is 0. The van der Waals surface area contributed by atoms with Gasteiger partial charge < -0.3 is 20.9 Å². The van der Waals surface area contributed by atoms with E-state index in [4.69, 9.17) is 0 Å². The maximum Gasteiger partial charge on any atom is 0.234 e. The molecule has 2 fully saturated rings. The average molecular weight is 494 g/mol. The molecule has 8 heteroatoms. The average Bonchev–Trinajstić information content (AvgIpc) is 2.65. The number of nitrogens with one attached hydrogen (secondary N) is 3. The van der Waals surface area contributed by atoms with Gasteiger partial charge in [0, 0.05) is 45.8 Å². The van der Waals surface area contributed by atoms with Crippen molar-refractivity contribution in [2.75, 3.05) is 59.9 Å². The van der Waals surface area contributed by atoms with E-state index in [9.17, 15) is 4.79 Å². The summed E-state index contributed by atoms with van der Waals surface area (Å²) in [6.45, 7) is 8.67. The van der Waals surface area contributed by atoms with Crippen LogP contribution in [-0.2, 0) is 4.79 Å². The van der Waals surface area contributed by atoms with Crippen molar-refractivity contribution in [1.82, 2.24) is 25.8 Å². The first-order valence-electron chi connectivity index (χ1n) is 10.3. The Morgan fingerprint density at radius 2 is 1.89 bits per heavy atom. The molecule has 2 heterocycles. The summed E-state index contributed by atoms with van der Waals surface area (Å²) >= 11 is 0. The van der Waals surface area contributed by atoms with Gasteiger partial charge in [0.05, 0.1) is 6.54 Å². The highest BCUT2D eigenvalue weighted by atomic mass is 127. The SMILES string of the molecule is CCCNC(=O)CN1CCC(NC(=NC)NCC2CCCN(C)C2)CC1.I. The highest BCUT2D eigenvalue weighted by Gasteiger charge is 2.22. The molecule has 2 saturated heterocycles. The zero-order valence-electron chi connectivity index (χ0n) is 17.3. The highest BCUT2D eigenvalue weighted by molar-refractivity contribution is 14.0. The van der Waals surface area contributed by atoms with Gasteiger partial charge >= 0.3 is 0 Å². The number of likely N-dealkylation sites (tertiary alicyclic amines) is 2. The molecule has 1 atom stereocenters. The lowest BCUT2D eigenvalue weighted by molar-refractivity contribution is -0.122. The number of nitrogens with zero attached hydrogens (tertiary/aromatic N) is 3. The van der Waals surface area contributed by atoms with Crippen LogP contribution in [0.15, 0.2) is 4.99 Å². The molecule has 158 valence electrons. The minimum Gasteiger partial charge on any atom is -0.356 e. The van der Waals surface area contributed by atoms with Gasteiger partial charge in [-0.1, -0.05) is 6.92 Å². The normalized spacial score (nSPS) is 22.8. The molecule has 0 saturated carbocycles. The summed E-state index contributed by atoms with van der Waals surface area (Å²) < 4.78 is 0. The van der Waals surface area contributed by atoms with E-state index in [1.807, 2.05) is 7.05 Å². The molecule has 0 radical (unpaired) electrons. The molecule has 1 amide bonds. The predicted molar refractivity (Wildman–Crippen MR) is 123 cm³/mol. The Morgan fingerprint density at radius 3 is 2.52 bits per heavy atom. The molecule has 2 rings (SSSR count). The number of halogens is 1. The van der Waals surface area contributed by atoms with Gasteiger partial charge in [-0.3, -0.25) is 14.7 Å². The first-order valence-corrected chi connectivity index (χ1v) is 10.3. The fourth-order valence-corrected chi connectivity index (χ4v) is 3.83. The molecule has 0 aliphatic carbocycles. The molecular weight excluding hydrogens is 455 g/mol. The van der Waals surface area contributed by atoms with Gasteiger partial charge in [-0.05, 0) is 51.6 Å². The van der Waals surface area contributed by atoms with Crippen LogP contribution in [-0.4, -0.2) is 87.6 Å². The fourth-order valence-electron chi connectivity index (χ4n) is 3.83. The number of hydrogen-bond acceptors (Lipinski definition) is 4. The Balaban J connectivity index is 0.00000364. The molecule has 0 aromatic heterocycles. The summed E-state index contributed by atoms with van der Waals surface area (Å²) in [7, 11) is 4.05. The molecule has 7 nitrogen and oxygen atoms in total. The Bertz CT molecular complexity index is 453. The molecular formula is C19H39IN6O. The molecule has 0 bridgehead atoms. The molecule has 0 aromatic carbocycles. The second-order valence-corrected chi connectivity index (χ2v) is 7.77. The summed E-state index contributed by atoms with van der Waals surface area (Å²) in [5, 5.41) is 10.0. The number of carbonyl (C=O) groups is 1. The number of guanidine groups is 1. The molecule has 0 spiro atoms. The van der Waals surface area contributed by atoms with E-state index in [2.05, 4.69) is 44.7 Å². The zero-order valence-corrected chi connectivity index (χ0v) is 19.6. The molecule has 2 aliphatic heterocycles. The number of rotatable bonds is 7. The van der Waals surface area contributed by atoms with Crippen LogP contribution in [0, 0.1) is 5.92 Å². The number of piperidine rings is 2. The Morgan fingerprint density at radius 1 is 1.15 bits per heavy atom. The lowest BCUT2D eigenvalue weighted by Gasteiger charge is -2.33. The monoisotopic (exact) mass is 494 g/mol. The molecule has 27 heavy (non-hydrogen) atoms. The minimum absolute atomic E-state index is 0. The van der Waals surface area contributed by atoms with E-state index in [0.29, 0.717) is 18.5 Å². The van der Waals surface area contributed by atoms with E-state index in [1.165, 1.54) is 25.9 Å². The van der Waals surface area contributed by atoms with Crippen molar-refractivity contribution in [2.45, 2.75) is 45.1 Å². The predicted octanol–water partition coefficient (Wildman–Crippen LogP) is 1.10. The van der Waals surface area contributed by atoms with Crippen LogP contribution >= 0.6 is 24.0 Å². The lowest BCUT2D eigenvalue weighted by Crippen LogP contribution is -2.51. The minimum atomic E-state index is 0. The first kappa shape index (κ1) is 24.4. The first-order chi connectivity index (χ1) is 12.6. The van der Waals surface area contributed by atoms with E-state index in [0.717, 1.165) is 51.4 Å². The van der Waals surface area contributed by atoms with Gasteiger partial charge in [0.1, 0.15) is 0 Å². The van der Waals surface area contributed by atoms with Gasteiger partial charge in [0.25, 0.3) is 0 Å².